The molecule has 1 rings (SSSR count). The zero-order valence-electron chi connectivity index (χ0n) is 15.1. The van der Waals surface area contributed by atoms with Crippen molar-refractivity contribution < 1.29 is 19.1 Å². The molecule has 1 aromatic rings. The van der Waals surface area contributed by atoms with Crippen LogP contribution in [-0.2, 0) is 20.9 Å². The van der Waals surface area contributed by atoms with Crippen LogP contribution in [0.1, 0.15) is 45.6 Å². The SMILES string of the molecule is CC(C)(C)OC(=O)NCCCCC(N)C(=O)OCc1ccccc1.Cl. The van der Waals surface area contributed by atoms with Gasteiger partial charge >= 0.3 is 12.1 Å². The number of carbonyl (C=O) groups is 2. The number of nitrogens with two attached hydrogens (primary N) is 1. The Labute approximate surface area is 155 Å². The monoisotopic (exact) mass is 372 g/mol. The molecule has 0 saturated heterocycles. The van der Waals surface area contributed by atoms with Gasteiger partial charge in [0.15, 0.2) is 0 Å². The van der Waals surface area contributed by atoms with Gasteiger partial charge in [-0.25, -0.2) is 4.79 Å². The number of nitrogens with one attached hydrogen (secondary N) is 1. The molecule has 1 atom stereocenters. The summed E-state index contributed by atoms with van der Waals surface area (Å²) in [5.74, 6) is -0.404. The van der Waals surface area contributed by atoms with Crippen molar-refractivity contribution in [3.8, 4) is 0 Å². The number of carbonyl (C=O) groups excluding carboxylic acids is 2. The molecule has 0 spiro atoms. The summed E-state index contributed by atoms with van der Waals surface area (Å²) in [5, 5.41) is 2.67. The lowest BCUT2D eigenvalue weighted by Gasteiger charge is -2.19. The maximum Gasteiger partial charge on any atom is 0.407 e. The van der Waals surface area contributed by atoms with Gasteiger partial charge in [-0.1, -0.05) is 30.3 Å². The second-order valence-corrected chi connectivity index (χ2v) is 6.62. The number of rotatable bonds is 8. The third kappa shape index (κ3) is 11.4. The molecule has 6 nitrogen and oxygen atoms in total. The molecule has 25 heavy (non-hydrogen) atoms. The summed E-state index contributed by atoms with van der Waals surface area (Å²) in [6.07, 6.45) is 1.52. The van der Waals surface area contributed by atoms with Gasteiger partial charge in [0.05, 0.1) is 0 Å². The normalized spacial score (nSPS) is 11.8. The summed E-state index contributed by atoms with van der Waals surface area (Å²) in [6.45, 7) is 6.15. The second-order valence-electron chi connectivity index (χ2n) is 6.62. The summed E-state index contributed by atoms with van der Waals surface area (Å²) in [5.41, 5.74) is 6.25. The largest absolute Gasteiger partial charge is 0.460 e. The molecule has 0 aliphatic carbocycles. The fourth-order valence-corrected chi connectivity index (χ4v) is 1.95. The van der Waals surface area contributed by atoms with Crippen LogP contribution >= 0.6 is 12.4 Å². The topological polar surface area (TPSA) is 90.6 Å². The summed E-state index contributed by atoms with van der Waals surface area (Å²) in [6, 6.07) is 8.82. The molecular formula is C18H29ClN2O4. The highest BCUT2D eigenvalue weighted by Gasteiger charge is 2.16. The highest BCUT2D eigenvalue weighted by Crippen LogP contribution is 2.07. The Bertz CT molecular complexity index is 518. The maximum absolute atomic E-state index is 11.8. The van der Waals surface area contributed by atoms with Gasteiger partial charge in [0.1, 0.15) is 18.2 Å². The smallest absolute Gasteiger partial charge is 0.407 e. The van der Waals surface area contributed by atoms with E-state index in [0.29, 0.717) is 13.0 Å². The lowest BCUT2D eigenvalue weighted by Crippen LogP contribution is -2.34. The van der Waals surface area contributed by atoms with E-state index in [1.807, 2.05) is 51.1 Å². The standard InChI is InChI=1S/C18H28N2O4.ClH/c1-18(2,3)24-17(22)20-12-8-7-11-15(19)16(21)23-13-14-9-5-4-6-10-14;/h4-6,9-10,15H,7-8,11-13,19H2,1-3H3,(H,20,22);1H. The average molecular weight is 373 g/mol. The van der Waals surface area contributed by atoms with E-state index in [1.165, 1.54) is 0 Å². The Morgan fingerprint density at radius 1 is 1.16 bits per heavy atom. The number of hydrogen-bond donors (Lipinski definition) is 2. The van der Waals surface area contributed by atoms with E-state index in [2.05, 4.69) is 5.32 Å². The molecule has 0 aromatic heterocycles. The fraction of sp³-hybridized carbons (Fsp3) is 0.556. The van der Waals surface area contributed by atoms with Crippen LogP contribution in [0.4, 0.5) is 4.79 Å². The molecule has 0 radical (unpaired) electrons. The van der Waals surface area contributed by atoms with Gasteiger partial charge in [0.2, 0.25) is 0 Å². The van der Waals surface area contributed by atoms with Crippen LogP contribution in [0.5, 0.6) is 0 Å². The van der Waals surface area contributed by atoms with Gasteiger partial charge < -0.3 is 20.5 Å². The van der Waals surface area contributed by atoms with Crippen molar-refractivity contribution in [2.45, 2.75) is 58.3 Å². The predicted molar refractivity (Wildman–Crippen MR) is 99.5 cm³/mol. The first-order valence-electron chi connectivity index (χ1n) is 8.21. The molecule has 1 aromatic carbocycles. The van der Waals surface area contributed by atoms with Crippen molar-refractivity contribution >= 4 is 24.5 Å². The first-order chi connectivity index (χ1) is 11.3. The van der Waals surface area contributed by atoms with Crippen LogP contribution in [0, 0.1) is 0 Å². The maximum atomic E-state index is 11.8. The number of benzene rings is 1. The zero-order valence-corrected chi connectivity index (χ0v) is 15.9. The van der Waals surface area contributed by atoms with Crippen LogP contribution < -0.4 is 11.1 Å². The highest BCUT2D eigenvalue weighted by molar-refractivity contribution is 5.85. The van der Waals surface area contributed by atoms with Gasteiger partial charge in [-0.05, 0) is 45.6 Å². The van der Waals surface area contributed by atoms with Gasteiger partial charge in [0, 0.05) is 6.54 Å². The van der Waals surface area contributed by atoms with Gasteiger partial charge in [-0.15, -0.1) is 12.4 Å². The molecule has 1 unspecified atom stereocenters. The predicted octanol–water partition coefficient (Wildman–Crippen LogP) is 3.17. The minimum atomic E-state index is -0.643. The minimum Gasteiger partial charge on any atom is -0.460 e. The lowest BCUT2D eigenvalue weighted by molar-refractivity contribution is -0.146. The molecule has 0 aliphatic rings. The number of alkyl carbamates (subject to hydrolysis) is 1. The third-order valence-electron chi connectivity index (χ3n) is 3.14. The molecule has 3 N–H and O–H groups in total. The van der Waals surface area contributed by atoms with Crippen LogP contribution in [-0.4, -0.2) is 30.3 Å². The summed E-state index contributed by atoms with van der Waals surface area (Å²) in [7, 11) is 0. The van der Waals surface area contributed by atoms with Crippen LogP contribution in [0.15, 0.2) is 30.3 Å². The summed E-state index contributed by atoms with van der Waals surface area (Å²) in [4.78, 5) is 23.3. The van der Waals surface area contributed by atoms with Crippen LogP contribution in [0.2, 0.25) is 0 Å². The van der Waals surface area contributed by atoms with Gasteiger partial charge in [0.25, 0.3) is 0 Å². The molecular weight excluding hydrogens is 344 g/mol. The first kappa shape index (κ1) is 23.2. The van der Waals surface area contributed by atoms with Crippen molar-refractivity contribution in [1.82, 2.24) is 5.32 Å². The lowest BCUT2D eigenvalue weighted by atomic mass is 10.1. The van der Waals surface area contributed by atoms with E-state index < -0.39 is 23.7 Å². The van der Waals surface area contributed by atoms with Crippen LogP contribution in [0.25, 0.3) is 0 Å². The number of ether oxygens (including phenoxy) is 2. The van der Waals surface area contributed by atoms with Crippen molar-refractivity contribution in [2.75, 3.05) is 6.54 Å². The Kier molecular flexibility index (Phi) is 10.9. The molecule has 0 bridgehead atoms. The molecule has 0 saturated carbocycles. The number of unbranched alkanes of at least 4 members (excludes halogenated alkanes) is 1. The average Bonchev–Trinajstić information content (AvgIpc) is 2.51. The minimum absolute atomic E-state index is 0. The second kappa shape index (κ2) is 11.7. The van der Waals surface area contributed by atoms with E-state index >= 15 is 0 Å². The van der Waals surface area contributed by atoms with E-state index in [4.69, 9.17) is 15.2 Å². The molecule has 0 aliphatic heterocycles. The van der Waals surface area contributed by atoms with Crippen molar-refractivity contribution in [3.63, 3.8) is 0 Å². The Morgan fingerprint density at radius 3 is 2.40 bits per heavy atom. The van der Waals surface area contributed by atoms with Gasteiger partial charge in [-0.2, -0.15) is 0 Å². The molecule has 1 amide bonds. The molecule has 142 valence electrons. The van der Waals surface area contributed by atoms with E-state index in [1.54, 1.807) is 0 Å². The number of amides is 1. The van der Waals surface area contributed by atoms with Gasteiger partial charge in [-0.3, -0.25) is 4.79 Å². The van der Waals surface area contributed by atoms with E-state index in [0.717, 1.165) is 18.4 Å². The Balaban J connectivity index is 0.00000576. The molecule has 0 fully saturated rings. The van der Waals surface area contributed by atoms with Crippen molar-refractivity contribution in [1.29, 1.82) is 0 Å². The number of esters is 1. The zero-order chi connectivity index (χ0) is 18.0. The summed E-state index contributed by atoms with van der Waals surface area (Å²) >= 11 is 0. The van der Waals surface area contributed by atoms with Crippen molar-refractivity contribution in [2.24, 2.45) is 5.73 Å². The highest BCUT2D eigenvalue weighted by atomic mass is 35.5. The third-order valence-corrected chi connectivity index (χ3v) is 3.14. The molecule has 7 heteroatoms. The summed E-state index contributed by atoms with van der Waals surface area (Å²) < 4.78 is 10.3. The Morgan fingerprint density at radius 2 is 1.80 bits per heavy atom. The van der Waals surface area contributed by atoms with E-state index in [-0.39, 0.29) is 19.0 Å². The Hall–Kier alpha value is -1.79. The first-order valence-corrected chi connectivity index (χ1v) is 8.21. The van der Waals surface area contributed by atoms with Crippen LogP contribution in [0.3, 0.4) is 0 Å². The van der Waals surface area contributed by atoms with E-state index in [9.17, 15) is 9.59 Å². The molecule has 0 heterocycles. The number of hydrogen-bond acceptors (Lipinski definition) is 5. The fourth-order valence-electron chi connectivity index (χ4n) is 1.95. The number of halogens is 1. The van der Waals surface area contributed by atoms with Crippen molar-refractivity contribution in [3.05, 3.63) is 35.9 Å². The quantitative estimate of drug-likeness (QED) is 0.540.